The van der Waals surface area contributed by atoms with Crippen molar-refractivity contribution in [2.45, 2.75) is 0 Å². The van der Waals surface area contributed by atoms with Crippen molar-refractivity contribution in [2.24, 2.45) is 0 Å². The molecule has 2 N–H and O–H groups in total. The van der Waals surface area contributed by atoms with Crippen LogP contribution in [0.15, 0.2) is 0 Å². The first-order valence-electron chi connectivity index (χ1n) is 0.504. The van der Waals surface area contributed by atoms with Crippen molar-refractivity contribution in [1.29, 1.82) is 0 Å². The maximum absolute atomic E-state index is 5.01. The van der Waals surface area contributed by atoms with E-state index in [1.54, 1.807) is 0 Å². The smallest absolute Gasteiger partial charge is 1.00 e. The molecule has 0 aromatic heterocycles. The molecule has 1 nitrogen and oxygen atoms in total. The van der Waals surface area contributed by atoms with Gasteiger partial charge in [-0.2, -0.15) is 0 Å². The van der Waals surface area contributed by atoms with E-state index in [9.17, 15) is 0 Å². The van der Waals surface area contributed by atoms with Gasteiger partial charge in [-0.1, -0.05) is 0 Å². The Labute approximate surface area is 177 Å². The van der Waals surface area contributed by atoms with E-state index >= 15 is 0 Å². The molecule has 0 aliphatic rings. The van der Waals surface area contributed by atoms with Crippen LogP contribution >= 0.6 is 38.3 Å². The minimum Gasteiger partial charge on any atom is 1.00 e. The van der Waals surface area contributed by atoms with E-state index in [2.05, 4.69) is 0 Å². The maximum atomic E-state index is 5.01. The Morgan fingerprint density at radius 1 is 0.700 bits per heavy atom. The molecule has 61 valence electrons. The van der Waals surface area contributed by atoms with Gasteiger partial charge >= 0.3 is 152 Å². The topological polar surface area (TPSA) is 31.5 Å². The summed E-state index contributed by atoms with van der Waals surface area (Å²) in [6.07, 6.45) is 0. The van der Waals surface area contributed by atoms with Crippen molar-refractivity contribution in [3.63, 3.8) is 0 Å². The van der Waals surface area contributed by atoms with E-state index in [0.29, 0.717) is 0 Å². The number of hydrogen-bond acceptors (Lipinski definition) is 0. The van der Waals surface area contributed by atoms with Crippen molar-refractivity contribution in [1.82, 2.24) is 0 Å². The van der Waals surface area contributed by atoms with Crippen molar-refractivity contribution in [3.05, 3.63) is 0 Å². The average Bonchev–Trinajstić information content (AvgIpc) is 0.722. The fraction of sp³-hybridized carbons (Fsp3) is 0. The first-order chi connectivity index (χ1) is 2.00. The molecule has 0 aromatic rings. The van der Waals surface area contributed by atoms with Gasteiger partial charge in [-0.25, -0.2) is 0 Å². The predicted octanol–water partition coefficient (Wildman–Crippen LogP) is -10.1. The van der Waals surface area contributed by atoms with Gasteiger partial charge in [0.15, 0.2) is 0 Å². The van der Waals surface area contributed by atoms with Crippen LogP contribution in [-0.2, 0) is 11.2 Å². The fourth-order valence-electron chi connectivity index (χ4n) is 0. The van der Waals surface area contributed by atoms with E-state index in [1.807, 2.05) is 0 Å². The van der Waals surface area contributed by atoms with Crippen LogP contribution in [0.4, 0.5) is 0 Å². The summed E-state index contributed by atoms with van der Waals surface area (Å²) in [5.74, 6) is 0. The van der Waals surface area contributed by atoms with Crippen LogP contribution in [-0.4, -0.2) is 5.48 Å². The van der Waals surface area contributed by atoms with Gasteiger partial charge in [-0.05, 0) is 0 Å². The molecular formula is H2Cl6IrK2O. The average molecular weight is 501 g/mol. The molecule has 10 heavy (non-hydrogen) atoms. The Bertz CT molecular complexity index is 31.2. The van der Waals surface area contributed by atoms with E-state index in [4.69, 9.17) is 38.3 Å². The van der Waals surface area contributed by atoms with Gasteiger partial charge in [0.05, 0.1) is 0 Å². The molecule has 0 heterocycles. The Kier molecular flexibility index (Phi) is 72.5. The second-order valence-electron chi connectivity index (χ2n) is 0.286. The molecule has 0 saturated heterocycles. The van der Waals surface area contributed by atoms with Crippen molar-refractivity contribution >= 4 is 38.3 Å². The van der Waals surface area contributed by atoms with Crippen LogP contribution in [0.25, 0.3) is 0 Å². The van der Waals surface area contributed by atoms with Crippen LogP contribution in [0.2, 0.25) is 0 Å². The largest absolute Gasteiger partial charge is 1.00 e. The molecule has 10 heteroatoms. The van der Waals surface area contributed by atoms with Crippen LogP contribution in [0, 0.1) is 0 Å². The van der Waals surface area contributed by atoms with E-state index < -0.39 is 11.2 Å². The molecule has 0 spiro atoms. The second-order valence-corrected chi connectivity index (χ2v) is 21.0. The van der Waals surface area contributed by atoms with Crippen molar-refractivity contribution < 1.29 is 144 Å². The molecule has 0 saturated carbocycles. The van der Waals surface area contributed by atoms with E-state index in [1.165, 1.54) is 0 Å². The summed E-state index contributed by atoms with van der Waals surface area (Å²) in [6.45, 7) is 0. The van der Waals surface area contributed by atoms with E-state index in [0.717, 1.165) is 0 Å². The minimum atomic E-state index is -3.11. The molecule has 0 aromatic carbocycles. The predicted molar refractivity (Wildman–Crippen MR) is 27.0 cm³/mol. The monoisotopic (exact) mass is 499 g/mol. The SMILES string of the molecule is O.[Cl-].[Cl-].[Cl][Ir]([Cl])([Cl])[Cl].[K+].[K+]. The molecule has 0 amide bonds. The third kappa shape index (κ3) is 68.7. The Hall–Kier alpha value is 5.62. The molecule has 0 unspecified atom stereocenters. The molecule has 0 fully saturated rings. The summed E-state index contributed by atoms with van der Waals surface area (Å²) in [5.41, 5.74) is 0. The zero-order valence-corrected chi connectivity index (χ0v) is 18.3. The van der Waals surface area contributed by atoms with Crippen LogP contribution in [0.3, 0.4) is 0 Å². The minimum absolute atomic E-state index is 0. The standard InChI is InChI=1S/6ClH.Ir.2K.H2O/h6*1H;;;;1H2/q;;;;;;+4;2*+1;/p-6. The van der Waals surface area contributed by atoms with Gasteiger partial charge in [0.1, 0.15) is 0 Å². The second kappa shape index (κ2) is 20.1. The third-order valence-corrected chi connectivity index (χ3v) is 0. The summed E-state index contributed by atoms with van der Waals surface area (Å²) >= 11 is -3.11. The molecule has 0 radical (unpaired) electrons. The fourth-order valence-corrected chi connectivity index (χ4v) is 0. The van der Waals surface area contributed by atoms with Gasteiger partial charge in [0.2, 0.25) is 0 Å². The molecular weight excluding hydrogens is 499 g/mol. The quantitative estimate of drug-likeness (QED) is 0.296. The third-order valence-electron chi connectivity index (χ3n) is 0. The van der Waals surface area contributed by atoms with Crippen LogP contribution in [0.1, 0.15) is 0 Å². The summed E-state index contributed by atoms with van der Waals surface area (Å²) in [4.78, 5) is 0. The maximum Gasteiger partial charge on any atom is 1.00 e. The van der Waals surface area contributed by atoms with Gasteiger partial charge in [0.25, 0.3) is 0 Å². The van der Waals surface area contributed by atoms with Crippen LogP contribution in [0.5, 0.6) is 0 Å². The zero-order chi connectivity index (χ0) is 4.50. The number of hydrogen-bond donors (Lipinski definition) is 0. The normalized spacial score (nSPS) is 7.60. The molecule has 0 atom stereocenters. The summed E-state index contributed by atoms with van der Waals surface area (Å²) in [6, 6.07) is 0. The molecule has 0 aliphatic carbocycles. The summed E-state index contributed by atoms with van der Waals surface area (Å²) in [5, 5.41) is 0. The zero-order valence-electron chi connectivity index (χ0n) is 5.10. The Balaban J connectivity index is -0.00000000800. The number of rotatable bonds is 0. The Morgan fingerprint density at radius 2 is 0.700 bits per heavy atom. The Morgan fingerprint density at radius 3 is 0.700 bits per heavy atom. The van der Waals surface area contributed by atoms with E-state index in [-0.39, 0.29) is 133 Å². The first-order valence-corrected chi connectivity index (χ1v) is 12.4. The molecule has 0 bridgehead atoms. The molecule has 0 rings (SSSR count). The van der Waals surface area contributed by atoms with Crippen molar-refractivity contribution in [3.8, 4) is 0 Å². The summed E-state index contributed by atoms with van der Waals surface area (Å²) in [7, 11) is 20.1. The summed E-state index contributed by atoms with van der Waals surface area (Å²) < 4.78 is 0. The molecule has 0 aliphatic heterocycles. The van der Waals surface area contributed by atoms with Gasteiger partial charge in [-0.3, -0.25) is 0 Å². The van der Waals surface area contributed by atoms with Crippen LogP contribution < -0.4 is 128 Å². The van der Waals surface area contributed by atoms with Gasteiger partial charge < -0.3 is 30.3 Å². The van der Waals surface area contributed by atoms with Gasteiger partial charge in [0, 0.05) is 0 Å². The number of halogens is 6. The van der Waals surface area contributed by atoms with Gasteiger partial charge in [-0.15, -0.1) is 0 Å². The van der Waals surface area contributed by atoms with Crippen molar-refractivity contribution in [2.75, 3.05) is 0 Å². The first kappa shape index (κ1) is 36.1.